The van der Waals surface area contributed by atoms with Crippen molar-refractivity contribution in [1.82, 2.24) is 0 Å². The Morgan fingerprint density at radius 3 is 2.40 bits per heavy atom. The van der Waals surface area contributed by atoms with Crippen LogP contribution in [0, 0.1) is 0 Å². The minimum Gasteiger partial charge on any atom is -0.508 e. The highest BCUT2D eigenvalue weighted by Crippen LogP contribution is 2.36. The minimum atomic E-state index is -1.17. The number of carboxylic acids is 1. The van der Waals surface area contributed by atoms with Crippen molar-refractivity contribution in [1.29, 1.82) is 0 Å². The molecule has 9 heteroatoms. The molecule has 0 aromatic heterocycles. The molecule has 0 saturated heterocycles. The molecule has 0 aliphatic carbocycles. The number of carboxylic acid groups (broad SMARTS) is 1. The first kappa shape index (κ1) is 21.1. The van der Waals surface area contributed by atoms with Gasteiger partial charge in [-0.2, -0.15) is 0 Å². The summed E-state index contributed by atoms with van der Waals surface area (Å²) in [7, 11) is 0. The van der Waals surface area contributed by atoms with E-state index in [2.05, 4.69) is 0 Å². The quantitative estimate of drug-likeness (QED) is 0.635. The van der Waals surface area contributed by atoms with E-state index < -0.39 is 18.4 Å². The fourth-order valence-electron chi connectivity index (χ4n) is 2.00. The second-order valence-electron chi connectivity index (χ2n) is 4.80. The topological polar surface area (TPSA) is 110 Å². The van der Waals surface area contributed by atoms with Crippen LogP contribution < -0.4 is 10.5 Å². The lowest BCUT2D eigenvalue weighted by atomic mass is 10.0. The van der Waals surface area contributed by atoms with E-state index in [1.54, 1.807) is 0 Å². The standard InChI is InChI=1S/C16H13Cl2NO5.ClH/c17-14-10(2-4-12(15(14)18)24-7-13(21)22)16(23)8-1-3-11(20)9(5-8)6-19;/h1-5,20H,6-7,19H2,(H,21,22);1H. The van der Waals surface area contributed by atoms with Gasteiger partial charge in [0.15, 0.2) is 12.4 Å². The normalized spacial score (nSPS) is 10.0. The summed E-state index contributed by atoms with van der Waals surface area (Å²) in [5.74, 6) is -1.52. The molecule has 0 aliphatic heterocycles. The van der Waals surface area contributed by atoms with Crippen LogP contribution >= 0.6 is 35.6 Å². The van der Waals surface area contributed by atoms with Crippen molar-refractivity contribution < 1.29 is 24.5 Å². The van der Waals surface area contributed by atoms with E-state index >= 15 is 0 Å². The van der Waals surface area contributed by atoms with E-state index in [0.29, 0.717) is 5.56 Å². The average Bonchev–Trinajstić information content (AvgIpc) is 2.56. The van der Waals surface area contributed by atoms with E-state index in [-0.39, 0.29) is 51.6 Å². The molecule has 2 rings (SSSR count). The molecular weight excluding hydrogens is 393 g/mol. The number of benzene rings is 2. The Bertz CT molecular complexity index is 811. The Morgan fingerprint density at radius 1 is 1.12 bits per heavy atom. The van der Waals surface area contributed by atoms with Gasteiger partial charge in [0, 0.05) is 23.2 Å². The molecular formula is C16H14Cl3NO5. The summed E-state index contributed by atoms with van der Waals surface area (Å²) in [4.78, 5) is 23.1. The molecule has 0 radical (unpaired) electrons. The first-order chi connectivity index (χ1) is 11.3. The monoisotopic (exact) mass is 405 g/mol. The maximum Gasteiger partial charge on any atom is 0.341 e. The molecule has 2 aromatic rings. The molecule has 0 fully saturated rings. The van der Waals surface area contributed by atoms with Gasteiger partial charge in [-0.3, -0.25) is 4.79 Å². The summed E-state index contributed by atoms with van der Waals surface area (Å²) in [6.45, 7) is -0.509. The van der Waals surface area contributed by atoms with Crippen LogP contribution in [-0.2, 0) is 11.3 Å². The average molecular weight is 407 g/mol. The van der Waals surface area contributed by atoms with Crippen molar-refractivity contribution >= 4 is 47.4 Å². The zero-order valence-corrected chi connectivity index (χ0v) is 15.0. The van der Waals surface area contributed by atoms with Crippen LogP contribution in [0.5, 0.6) is 11.5 Å². The highest BCUT2D eigenvalue weighted by atomic mass is 35.5. The number of phenolic OH excluding ortho intramolecular Hbond substituents is 1. The van der Waals surface area contributed by atoms with Gasteiger partial charge in [0.05, 0.1) is 5.02 Å². The summed E-state index contributed by atoms with van der Waals surface area (Å²) >= 11 is 12.1. The van der Waals surface area contributed by atoms with Crippen LogP contribution in [0.3, 0.4) is 0 Å². The number of halogens is 3. The predicted octanol–water partition coefficient (Wildman–Crippen LogP) is 3.27. The Hall–Kier alpha value is -1.99. The van der Waals surface area contributed by atoms with Crippen molar-refractivity contribution in [3.8, 4) is 11.5 Å². The molecule has 0 bridgehead atoms. The number of aliphatic carboxylic acids is 1. The zero-order valence-electron chi connectivity index (χ0n) is 12.7. The zero-order chi connectivity index (χ0) is 17.9. The van der Waals surface area contributed by atoms with Crippen molar-refractivity contribution in [2.24, 2.45) is 5.73 Å². The predicted molar refractivity (Wildman–Crippen MR) is 96.3 cm³/mol. The first-order valence-corrected chi connectivity index (χ1v) is 7.50. The van der Waals surface area contributed by atoms with Crippen molar-refractivity contribution in [2.45, 2.75) is 6.54 Å². The summed E-state index contributed by atoms with van der Waals surface area (Å²) in [5.41, 5.74) is 6.33. The summed E-state index contributed by atoms with van der Waals surface area (Å²) in [6, 6.07) is 7.04. The van der Waals surface area contributed by atoms with E-state index in [9.17, 15) is 14.7 Å². The van der Waals surface area contributed by atoms with Gasteiger partial charge in [0.1, 0.15) is 16.5 Å². The molecule has 25 heavy (non-hydrogen) atoms. The van der Waals surface area contributed by atoms with Crippen LogP contribution in [0.15, 0.2) is 30.3 Å². The highest BCUT2D eigenvalue weighted by molar-refractivity contribution is 6.45. The number of aromatic hydroxyl groups is 1. The van der Waals surface area contributed by atoms with Gasteiger partial charge in [0.25, 0.3) is 0 Å². The Balaban J connectivity index is 0.00000312. The largest absolute Gasteiger partial charge is 0.508 e. The molecule has 0 spiro atoms. The third-order valence-electron chi connectivity index (χ3n) is 3.20. The maximum absolute atomic E-state index is 12.6. The van der Waals surface area contributed by atoms with Crippen molar-refractivity contribution in [3.63, 3.8) is 0 Å². The fraction of sp³-hybridized carbons (Fsp3) is 0.125. The summed E-state index contributed by atoms with van der Waals surface area (Å²) < 4.78 is 4.99. The van der Waals surface area contributed by atoms with E-state index in [0.717, 1.165) is 0 Å². The van der Waals surface area contributed by atoms with Gasteiger partial charge >= 0.3 is 5.97 Å². The van der Waals surface area contributed by atoms with Crippen LogP contribution in [0.1, 0.15) is 21.5 Å². The van der Waals surface area contributed by atoms with Crippen LogP contribution in [0.2, 0.25) is 10.0 Å². The molecule has 2 aromatic carbocycles. The number of hydrogen-bond acceptors (Lipinski definition) is 5. The summed E-state index contributed by atoms with van der Waals surface area (Å²) in [5, 5.41) is 18.1. The lowest BCUT2D eigenvalue weighted by molar-refractivity contribution is -0.139. The van der Waals surface area contributed by atoms with Gasteiger partial charge in [-0.05, 0) is 30.3 Å². The fourth-order valence-corrected chi connectivity index (χ4v) is 2.47. The molecule has 0 amide bonds. The number of hydrogen-bond donors (Lipinski definition) is 3. The highest BCUT2D eigenvalue weighted by Gasteiger charge is 2.19. The van der Waals surface area contributed by atoms with E-state index in [4.69, 9.17) is 38.8 Å². The first-order valence-electron chi connectivity index (χ1n) is 6.74. The number of carbonyl (C=O) groups is 2. The summed E-state index contributed by atoms with van der Waals surface area (Å²) in [6.07, 6.45) is 0. The van der Waals surface area contributed by atoms with Gasteiger partial charge in [-0.1, -0.05) is 23.2 Å². The molecule has 6 nitrogen and oxygen atoms in total. The van der Waals surface area contributed by atoms with Crippen LogP contribution in [0.25, 0.3) is 0 Å². The smallest absolute Gasteiger partial charge is 0.341 e. The van der Waals surface area contributed by atoms with Gasteiger partial charge in [0.2, 0.25) is 0 Å². The second kappa shape index (κ2) is 8.92. The Morgan fingerprint density at radius 2 is 1.80 bits per heavy atom. The number of carbonyl (C=O) groups excluding carboxylic acids is 1. The Labute approximate surface area is 159 Å². The van der Waals surface area contributed by atoms with Crippen molar-refractivity contribution in [2.75, 3.05) is 6.61 Å². The number of nitrogens with two attached hydrogens (primary N) is 1. The molecule has 0 heterocycles. The maximum atomic E-state index is 12.6. The number of ketones is 1. The number of phenols is 1. The minimum absolute atomic E-state index is 0. The van der Waals surface area contributed by atoms with Crippen LogP contribution in [0.4, 0.5) is 0 Å². The van der Waals surface area contributed by atoms with Gasteiger partial charge < -0.3 is 20.7 Å². The molecule has 134 valence electrons. The lowest BCUT2D eigenvalue weighted by Gasteiger charge is -2.11. The van der Waals surface area contributed by atoms with Gasteiger partial charge in [-0.25, -0.2) is 4.79 Å². The lowest BCUT2D eigenvalue weighted by Crippen LogP contribution is -2.10. The third-order valence-corrected chi connectivity index (χ3v) is 4.07. The third kappa shape index (κ3) is 4.76. The molecule has 0 aliphatic rings. The number of rotatable bonds is 6. The van der Waals surface area contributed by atoms with Crippen molar-refractivity contribution in [3.05, 3.63) is 57.1 Å². The number of ether oxygens (including phenoxy) is 1. The Kier molecular flexibility index (Phi) is 7.51. The molecule has 0 unspecified atom stereocenters. The second-order valence-corrected chi connectivity index (χ2v) is 5.55. The van der Waals surface area contributed by atoms with Gasteiger partial charge in [-0.15, -0.1) is 12.4 Å². The SMILES string of the molecule is Cl.NCc1cc(C(=O)c2ccc(OCC(=O)O)c(Cl)c2Cl)ccc1O. The molecule has 4 N–H and O–H groups in total. The molecule has 0 saturated carbocycles. The van der Waals surface area contributed by atoms with E-state index in [1.807, 2.05) is 0 Å². The molecule has 0 atom stereocenters. The van der Waals surface area contributed by atoms with Crippen LogP contribution in [-0.4, -0.2) is 28.6 Å². The van der Waals surface area contributed by atoms with E-state index in [1.165, 1.54) is 30.3 Å².